The lowest BCUT2D eigenvalue weighted by atomic mass is 9.64. The summed E-state index contributed by atoms with van der Waals surface area (Å²) >= 11 is 5.98. The van der Waals surface area contributed by atoms with Crippen molar-refractivity contribution in [1.82, 2.24) is 5.32 Å². The molecule has 2 rings (SSSR count). The molecule has 1 fully saturated rings. The Morgan fingerprint density at radius 2 is 2.18 bits per heavy atom. The Bertz CT molecular complexity index is 405. The van der Waals surface area contributed by atoms with E-state index in [9.17, 15) is 5.11 Å². The number of nitrogens with one attached hydrogen (secondary N) is 1. The van der Waals surface area contributed by atoms with Gasteiger partial charge in [-0.3, -0.25) is 0 Å². The Balaban J connectivity index is 2.01. The van der Waals surface area contributed by atoms with Gasteiger partial charge in [-0.05, 0) is 31.0 Å². The summed E-state index contributed by atoms with van der Waals surface area (Å²) < 4.78 is 0. The molecule has 1 aliphatic carbocycles. The van der Waals surface area contributed by atoms with E-state index in [-0.39, 0.29) is 17.6 Å². The average Bonchev–Trinajstić information content (AvgIpc) is 2.28. The fraction of sp³-hybridized carbons (Fsp3) is 0.571. The average molecular weight is 254 g/mol. The monoisotopic (exact) mass is 253 g/mol. The number of benzene rings is 1. The fourth-order valence-corrected chi connectivity index (χ4v) is 2.56. The van der Waals surface area contributed by atoms with Gasteiger partial charge in [0.05, 0.1) is 6.10 Å². The molecule has 1 aliphatic rings. The standard InChI is InChI=1S/C14H20ClNO/c1-9(10-5-4-6-11(15)7-10)16-12-8-13(17)14(12,2)3/h4-7,9,12-13,16-17H,8H2,1-3H3/t9-,12?,13?/m1/s1. The minimum absolute atomic E-state index is 0.0349. The van der Waals surface area contributed by atoms with Gasteiger partial charge in [-0.1, -0.05) is 37.6 Å². The van der Waals surface area contributed by atoms with E-state index in [1.165, 1.54) is 5.56 Å². The van der Waals surface area contributed by atoms with Gasteiger partial charge in [-0.2, -0.15) is 0 Å². The summed E-state index contributed by atoms with van der Waals surface area (Å²) in [6, 6.07) is 8.54. The zero-order valence-corrected chi connectivity index (χ0v) is 11.3. The Morgan fingerprint density at radius 1 is 1.47 bits per heavy atom. The number of aliphatic hydroxyl groups excluding tert-OH is 1. The van der Waals surface area contributed by atoms with Gasteiger partial charge in [-0.25, -0.2) is 0 Å². The largest absolute Gasteiger partial charge is 0.392 e. The summed E-state index contributed by atoms with van der Waals surface area (Å²) in [5.41, 5.74) is 1.15. The van der Waals surface area contributed by atoms with E-state index in [1.54, 1.807) is 0 Å². The SMILES string of the molecule is C[C@@H](NC1CC(O)C1(C)C)c1cccc(Cl)c1. The van der Waals surface area contributed by atoms with Crippen molar-refractivity contribution >= 4 is 11.6 Å². The van der Waals surface area contributed by atoms with Gasteiger partial charge in [0.25, 0.3) is 0 Å². The van der Waals surface area contributed by atoms with E-state index >= 15 is 0 Å². The molecule has 0 aromatic heterocycles. The molecule has 1 aromatic carbocycles. The van der Waals surface area contributed by atoms with Crippen LogP contribution < -0.4 is 5.32 Å². The van der Waals surface area contributed by atoms with Crippen molar-refractivity contribution in [2.45, 2.75) is 45.4 Å². The third-order valence-corrected chi connectivity index (χ3v) is 4.25. The van der Waals surface area contributed by atoms with Crippen molar-refractivity contribution in [3.63, 3.8) is 0 Å². The first-order chi connectivity index (χ1) is 7.91. The van der Waals surface area contributed by atoms with Crippen molar-refractivity contribution in [3.8, 4) is 0 Å². The summed E-state index contributed by atoms with van der Waals surface area (Å²) in [7, 11) is 0. The summed E-state index contributed by atoms with van der Waals surface area (Å²) in [4.78, 5) is 0. The van der Waals surface area contributed by atoms with Crippen LogP contribution in [0, 0.1) is 5.41 Å². The van der Waals surface area contributed by atoms with Gasteiger partial charge in [0.1, 0.15) is 0 Å². The molecule has 3 atom stereocenters. The van der Waals surface area contributed by atoms with Crippen LogP contribution in [0.1, 0.15) is 38.8 Å². The van der Waals surface area contributed by atoms with Crippen molar-refractivity contribution in [2.75, 3.05) is 0 Å². The van der Waals surface area contributed by atoms with Gasteiger partial charge >= 0.3 is 0 Å². The minimum Gasteiger partial charge on any atom is -0.392 e. The van der Waals surface area contributed by atoms with E-state index in [2.05, 4.69) is 32.2 Å². The Hall–Kier alpha value is -0.570. The Kier molecular flexibility index (Phi) is 3.48. The molecule has 0 aliphatic heterocycles. The van der Waals surface area contributed by atoms with Gasteiger partial charge in [0.2, 0.25) is 0 Å². The zero-order valence-electron chi connectivity index (χ0n) is 10.6. The van der Waals surface area contributed by atoms with E-state index in [1.807, 2.05) is 18.2 Å². The van der Waals surface area contributed by atoms with Gasteiger partial charge < -0.3 is 10.4 Å². The second-order valence-corrected chi connectivity index (χ2v) is 6.01. The van der Waals surface area contributed by atoms with Gasteiger partial charge in [0.15, 0.2) is 0 Å². The third kappa shape index (κ3) is 2.49. The van der Waals surface area contributed by atoms with Crippen LogP contribution in [0.3, 0.4) is 0 Å². The lowest BCUT2D eigenvalue weighted by molar-refractivity contribution is -0.0754. The summed E-state index contributed by atoms with van der Waals surface area (Å²) in [6.07, 6.45) is 0.643. The van der Waals surface area contributed by atoms with E-state index < -0.39 is 0 Å². The first kappa shape index (κ1) is 12.9. The predicted molar refractivity (Wildman–Crippen MR) is 71.2 cm³/mol. The summed E-state index contributed by atoms with van der Waals surface area (Å²) in [5, 5.41) is 14.0. The zero-order chi connectivity index (χ0) is 12.6. The van der Waals surface area contributed by atoms with Crippen LogP contribution in [-0.2, 0) is 0 Å². The second kappa shape index (κ2) is 4.60. The van der Waals surface area contributed by atoms with Crippen molar-refractivity contribution in [3.05, 3.63) is 34.9 Å². The van der Waals surface area contributed by atoms with Crippen molar-refractivity contribution in [2.24, 2.45) is 5.41 Å². The fourth-order valence-electron chi connectivity index (χ4n) is 2.36. The van der Waals surface area contributed by atoms with Crippen LogP contribution >= 0.6 is 11.6 Å². The molecule has 0 amide bonds. The summed E-state index contributed by atoms with van der Waals surface area (Å²) in [5.74, 6) is 0. The number of rotatable bonds is 3. The second-order valence-electron chi connectivity index (χ2n) is 5.57. The third-order valence-electron chi connectivity index (χ3n) is 4.02. The molecule has 3 heteroatoms. The molecule has 2 N–H and O–H groups in total. The quantitative estimate of drug-likeness (QED) is 0.867. The van der Waals surface area contributed by atoms with Crippen LogP contribution in [-0.4, -0.2) is 17.3 Å². The molecule has 17 heavy (non-hydrogen) atoms. The highest BCUT2D eigenvalue weighted by atomic mass is 35.5. The van der Waals surface area contributed by atoms with Crippen LogP contribution in [0.25, 0.3) is 0 Å². The maximum absolute atomic E-state index is 9.71. The first-order valence-corrected chi connectivity index (χ1v) is 6.48. The van der Waals surface area contributed by atoms with Gasteiger partial charge in [-0.15, -0.1) is 0 Å². The molecule has 1 saturated carbocycles. The molecule has 0 spiro atoms. The molecule has 1 aromatic rings. The molecule has 0 saturated heterocycles. The van der Waals surface area contributed by atoms with E-state index in [4.69, 9.17) is 11.6 Å². The van der Waals surface area contributed by atoms with E-state index in [0.29, 0.717) is 6.04 Å². The smallest absolute Gasteiger partial charge is 0.0621 e. The highest BCUT2D eigenvalue weighted by Crippen LogP contribution is 2.41. The van der Waals surface area contributed by atoms with Crippen LogP contribution in [0.2, 0.25) is 5.02 Å². The van der Waals surface area contributed by atoms with Crippen molar-refractivity contribution in [1.29, 1.82) is 0 Å². The van der Waals surface area contributed by atoms with Gasteiger partial charge in [0, 0.05) is 22.5 Å². The highest BCUT2D eigenvalue weighted by Gasteiger charge is 2.47. The molecule has 0 bridgehead atoms. The molecule has 0 radical (unpaired) electrons. The topological polar surface area (TPSA) is 32.3 Å². The maximum Gasteiger partial charge on any atom is 0.0621 e. The Morgan fingerprint density at radius 3 is 2.71 bits per heavy atom. The molecule has 0 heterocycles. The molecular weight excluding hydrogens is 234 g/mol. The predicted octanol–water partition coefficient (Wildman–Crippen LogP) is 3.15. The van der Waals surface area contributed by atoms with E-state index in [0.717, 1.165) is 11.4 Å². The number of hydrogen-bond acceptors (Lipinski definition) is 2. The number of halogens is 1. The summed E-state index contributed by atoms with van der Waals surface area (Å²) in [6.45, 7) is 6.33. The number of aliphatic hydroxyl groups is 1. The minimum atomic E-state index is -0.188. The Labute approximate surface area is 108 Å². The van der Waals surface area contributed by atoms with Crippen LogP contribution in [0.5, 0.6) is 0 Å². The normalized spacial score (nSPS) is 28.5. The molecular formula is C14H20ClNO. The van der Waals surface area contributed by atoms with Crippen LogP contribution in [0.15, 0.2) is 24.3 Å². The molecule has 2 nitrogen and oxygen atoms in total. The highest BCUT2D eigenvalue weighted by molar-refractivity contribution is 6.30. The van der Waals surface area contributed by atoms with Crippen molar-refractivity contribution < 1.29 is 5.11 Å². The lowest BCUT2D eigenvalue weighted by Gasteiger charge is -2.50. The molecule has 94 valence electrons. The molecule has 2 unspecified atom stereocenters. The lowest BCUT2D eigenvalue weighted by Crippen LogP contribution is -2.60. The number of hydrogen-bond donors (Lipinski definition) is 2. The van der Waals surface area contributed by atoms with Crippen LogP contribution in [0.4, 0.5) is 0 Å². The first-order valence-electron chi connectivity index (χ1n) is 6.11. The maximum atomic E-state index is 9.71.